The van der Waals surface area contributed by atoms with E-state index >= 15 is 0 Å². The van der Waals surface area contributed by atoms with Gasteiger partial charge in [-0.05, 0) is 69.0 Å². The van der Waals surface area contributed by atoms with E-state index in [1.165, 1.54) is 11.9 Å². The number of ether oxygens (including phenoxy) is 1. The molecule has 5 heterocycles. The van der Waals surface area contributed by atoms with E-state index in [0.29, 0.717) is 80.0 Å². The third-order valence-corrected chi connectivity index (χ3v) is 9.54. The average molecular weight is 677 g/mol. The molecule has 3 aliphatic heterocycles. The van der Waals surface area contributed by atoms with Crippen LogP contribution in [-0.4, -0.2) is 102 Å². The number of aromatic nitrogens is 2. The second-order valence-electron chi connectivity index (χ2n) is 13.3. The van der Waals surface area contributed by atoms with Crippen LogP contribution in [0.4, 0.5) is 11.5 Å². The Balaban J connectivity index is 1.05. The SMILES string of the molecule is CN=CN=C(N)c1ccc(C2=CCN(C(=O)CN3CC[C@]4(CCN(c5ccc(N)c(C(=N)c6ccc(OC(C)C)nc6)n5)C4=O)C3)CC2)cc1. The van der Waals surface area contributed by atoms with Crippen molar-refractivity contribution in [2.75, 3.05) is 56.9 Å². The van der Waals surface area contributed by atoms with Gasteiger partial charge in [0, 0.05) is 56.6 Å². The fraction of sp³-hybridized carbons (Fsp3) is 0.378. The lowest BCUT2D eigenvalue weighted by molar-refractivity contribution is -0.132. The van der Waals surface area contributed by atoms with Gasteiger partial charge in [0.05, 0.1) is 29.5 Å². The highest BCUT2D eigenvalue weighted by molar-refractivity contribution is 6.13. The van der Waals surface area contributed by atoms with Gasteiger partial charge in [0.1, 0.15) is 23.7 Å². The molecule has 0 aliphatic carbocycles. The summed E-state index contributed by atoms with van der Waals surface area (Å²) in [5, 5.41) is 8.79. The van der Waals surface area contributed by atoms with Crippen molar-refractivity contribution in [3.8, 4) is 5.88 Å². The molecule has 0 radical (unpaired) electrons. The van der Waals surface area contributed by atoms with Gasteiger partial charge in [-0.25, -0.2) is 15.0 Å². The van der Waals surface area contributed by atoms with Crippen molar-refractivity contribution < 1.29 is 14.3 Å². The van der Waals surface area contributed by atoms with Crippen LogP contribution in [0.15, 0.2) is 70.8 Å². The van der Waals surface area contributed by atoms with E-state index in [9.17, 15) is 9.59 Å². The number of nitrogens with two attached hydrogens (primary N) is 2. The molecular weight excluding hydrogens is 632 g/mol. The van der Waals surface area contributed by atoms with Gasteiger partial charge in [-0.2, -0.15) is 0 Å². The van der Waals surface area contributed by atoms with Crippen LogP contribution >= 0.6 is 0 Å². The highest BCUT2D eigenvalue weighted by Gasteiger charge is 2.51. The minimum atomic E-state index is -0.564. The smallest absolute Gasteiger partial charge is 0.237 e. The Bertz CT molecular complexity index is 1850. The zero-order valence-electron chi connectivity index (χ0n) is 28.8. The van der Waals surface area contributed by atoms with E-state index in [-0.39, 0.29) is 30.2 Å². The third-order valence-electron chi connectivity index (χ3n) is 9.54. The molecule has 1 aromatic carbocycles. The first-order valence-corrected chi connectivity index (χ1v) is 16.9. The molecule has 3 aromatic rings. The van der Waals surface area contributed by atoms with E-state index < -0.39 is 5.41 Å². The summed E-state index contributed by atoms with van der Waals surface area (Å²) in [6, 6.07) is 14.8. The second kappa shape index (κ2) is 14.6. The van der Waals surface area contributed by atoms with Crippen molar-refractivity contribution in [2.45, 2.75) is 39.2 Å². The van der Waals surface area contributed by atoms with Crippen LogP contribution in [0.2, 0.25) is 0 Å². The zero-order valence-corrected chi connectivity index (χ0v) is 28.8. The number of nitrogens with one attached hydrogen (secondary N) is 1. The van der Waals surface area contributed by atoms with Gasteiger partial charge in [-0.3, -0.25) is 29.8 Å². The van der Waals surface area contributed by atoms with Crippen molar-refractivity contribution in [1.29, 1.82) is 5.41 Å². The summed E-state index contributed by atoms with van der Waals surface area (Å²) in [6.45, 7) is 7.03. The maximum atomic E-state index is 13.9. The van der Waals surface area contributed by atoms with Crippen LogP contribution in [0.3, 0.4) is 0 Å². The zero-order chi connectivity index (χ0) is 35.4. The number of benzene rings is 1. The van der Waals surface area contributed by atoms with Crippen LogP contribution in [0.25, 0.3) is 5.57 Å². The van der Waals surface area contributed by atoms with Gasteiger partial charge in [-0.1, -0.05) is 30.3 Å². The van der Waals surface area contributed by atoms with Crippen LogP contribution in [0, 0.1) is 10.8 Å². The minimum Gasteiger partial charge on any atom is -0.475 e. The molecule has 2 saturated heterocycles. The predicted octanol–water partition coefficient (Wildman–Crippen LogP) is 3.37. The molecular formula is C37H44N10O3. The number of carbonyl (C=O) groups is 2. The van der Waals surface area contributed by atoms with Gasteiger partial charge in [0.15, 0.2) is 0 Å². The molecule has 5 N–H and O–H groups in total. The highest BCUT2D eigenvalue weighted by Crippen LogP contribution is 2.42. The first-order chi connectivity index (χ1) is 24.1. The highest BCUT2D eigenvalue weighted by atomic mass is 16.5. The predicted molar refractivity (Wildman–Crippen MR) is 196 cm³/mol. The molecule has 0 bridgehead atoms. The number of rotatable bonds is 10. The van der Waals surface area contributed by atoms with Gasteiger partial charge < -0.3 is 21.1 Å². The van der Waals surface area contributed by atoms with Gasteiger partial charge in [-0.15, -0.1) is 0 Å². The van der Waals surface area contributed by atoms with Crippen molar-refractivity contribution >= 4 is 46.8 Å². The first kappa shape index (κ1) is 34.4. The Kier molecular flexibility index (Phi) is 10.0. The van der Waals surface area contributed by atoms with Crippen molar-refractivity contribution in [1.82, 2.24) is 19.8 Å². The molecule has 13 heteroatoms. The number of likely N-dealkylation sites (tertiary alicyclic amines) is 1. The number of amidine groups is 1. The standard InChI is InChI=1S/C37H44N10O3/c1-24(2)50-31-11-8-28(20-42-31)33(39)34-29(38)9-10-30(44-34)47-19-15-37(36(47)49)14-18-45(22-37)21-32(48)46-16-12-26(13-17-46)25-4-6-27(7-5-25)35(40)43-23-41-3/h4-12,20,23-24,39H,13-19,21-22,38H2,1-3H3,(H2,40,41,43)/t37-/m0/s1. The van der Waals surface area contributed by atoms with E-state index in [1.807, 2.05) is 43.0 Å². The Morgan fingerprint density at radius 1 is 1.08 bits per heavy atom. The molecule has 2 fully saturated rings. The van der Waals surface area contributed by atoms with E-state index in [4.69, 9.17) is 21.6 Å². The van der Waals surface area contributed by atoms with Crippen LogP contribution in [-0.2, 0) is 9.59 Å². The van der Waals surface area contributed by atoms with E-state index in [0.717, 1.165) is 17.5 Å². The van der Waals surface area contributed by atoms with Gasteiger partial charge >= 0.3 is 0 Å². The quantitative estimate of drug-likeness (QED) is 0.216. The fourth-order valence-electron chi connectivity index (χ4n) is 6.80. The number of amides is 2. The maximum absolute atomic E-state index is 13.9. The maximum Gasteiger partial charge on any atom is 0.237 e. The van der Waals surface area contributed by atoms with Gasteiger partial charge in [0.25, 0.3) is 0 Å². The lowest BCUT2D eigenvalue weighted by Crippen LogP contribution is -2.43. The second-order valence-corrected chi connectivity index (χ2v) is 13.3. The normalized spacial score (nSPS) is 20.0. The summed E-state index contributed by atoms with van der Waals surface area (Å²) >= 11 is 0. The monoisotopic (exact) mass is 676 g/mol. The van der Waals surface area contributed by atoms with Crippen LogP contribution in [0.5, 0.6) is 5.88 Å². The average Bonchev–Trinajstić information content (AvgIpc) is 3.68. The summed E-state index contributed by atoms with van der Waals surface area (Å²) in [4.78, 5) is 49.9. The van der Waals surface area contributed by atoms with Crippen molar-refractivity contribution in [2.24, 2.45) is 21.1 Å². The molecule has 0 saturated carbocycles. The number of pyridine rings is 2. The summed E-state index contributed by atoms with van der Waals surface area (Å²) in [6.07, 6.45) is 7.21. The van der Waals surface area contributed by atoms with Crippen LogP contribution in [0.1, 0.15) is 55.5 Å². The lowest BCUT2D eigenvalue weighted by atomic mass is 9.85. The Morgan fingerprint density at radius 3 is 2.52 bits per heavy atom. The van der Waals surface area contributed by atoms with Crippen molar-refractivity contribution in [3.63, 3.8) is 0 Å². The van der Waals surface area contributed by atoms with E-state index in [2.05, 4.69) is 30.9 Å². The molecule has 50 heavy (non-hydrogen) atoms. The number of carbonyl (C=O) groups excluding carboxylic acids is 2. The largest absolute Gasteiger partial charge is 0.475 e. The molecule has 0 unspecified atom stereocenters. The Hall–Kier alpha value is -5.43. The number of aliphatic imine (C=N–C) groups is 2. The summed E-state index contributed by atoms with van der Waals surface area (Å²) in [5.41, 5.74) is 16.1. The summed E-state index contributed by atoms with van der Waals surface area (Å²) < 4.78 is 5.62. The number of anilines is 2. The minimum absolute atomic E-state index is 0.00199. The molecule has 1 spiro atoms. The Labute approximate surface area is 292 Å². The molecule has 6 rings (SSSR count). The van der Waals surface area contributed by atoms with E-state index in [1.54, 1.807) is 42.4 Å². The number of hydrogen-bond donors (Lipinski definition) is 3. The Morgan fingerprint density at radius 2 is 1.84 bits per heavy atom. The molecule has 1 atom stereocenters. The van der Waals surface area contributed by atoms with Gasteiger partial charge in [0.2, 0.25) is 17.7 Å². The molecule has 260 valence electrons. The lowest BCUT2D eigenvalue weighted by Gasteiger charge is -2.29. The first-order valence-electron chi connectivity index (χ1n) is 16.9. The third kappa shape index (κ3) is 7.27. The molecule has 2 amide bonds. The topological polar surface area (TPSA) is 179 Å². The molecule has 3 aliphatic rings. The molecule has 2 aromatic heterocycles. The number of nitrogens with zero attached hydrogens (tertiary/aromatic N) is 7. The summed E-state index contributed by atoms with van der Waals surface area (Å²) in [7, 11) is 1.64. The van der Waals surface area contributed by atoms with Crippen molar-refractivity contribution in [3.05, 3.63) is 83.2 Å². The number of nitrogen functional groups attached to an aromatic ring is 1. The number of hydrogen-bond acceptors (Lipinski definition) is 9. The van der Waals surface area contributed by atoms with Crippen LogP contribution < -0.4 is 21.1 Å². The molecule has 13 nitrogen and oxygen atoms in total. The fourth-order valence-corrected chi connectivity index (χ4v) is 6.80. The summed E-state index contributed by atoms with van der Waals surface area (Å²) in [5.74, 6) is 1.42.